The minimum atomic E-state index is -4.85. The van der Waals surface area contributed by atoms with E-state index in [1.54, 1.807) is 0 Å². The molecule has 0 aliphatic carbocycles. The lowest BCUT2D eigenvalue weighted by Gasteiger charge is -2.11. The maximum atomic E-state index is 13.6. The number of hydrogen-bond acceptors (Lipinski definition) is 1. The third-order valence-electron chi connectivity index (χ3n) is 2.33. The number of rotatable bonds is 2. The smallest absolute Gasteiger partial charge is 0.406 e. The largest absolute Gasteiger partial charge is 0.573 e. The molecule has 19 heavy (non-hydrogen) atoms. The summed E-state index contributed by atoms with van der Waals surface area (Å²) < 4.78 is 66.2. The molecule has 6 heteroatoms. The minimum Gasteiger partial charge on any atom is -0.406 e. The van der Waals surface area contributed by atoms with E-state index in [9.17, 15) is 22.0 Å². The number of halogens is 5. The van der Waals surface area contributed by atoms with Crippen LogP contribution in [0.1, 0.15) is 0 Å². The van der Waals surface area contributed by atoms with Gasteiger partial charge < -0.3 is 4.74 Å². The van der Waals surface area contributed by atoms with Crippen LogP contribution in [-0.2, 0) is 0 Å². The van der Waals surface area contributed by atoms with Gasteiger partial charge in [-0.3, -0.25) is 0 Å². The lowest BCUT2D eigenvalue weighted by molar-refractivity contribution is -0.274. The maximum absolute atomic E-state index is 13.6. The van der Waals surface area contributed by atoms with E-state index >= 15 is 0 Å². The summed E-state index contributed by atoms with van der Waals surface area (Å²) >= 11 is 0. The molecule has 0 aliphatic rings. The van der Waals surface area contributed by atoms with Crippen LogP contribution in [0.5, 0.6) is 5.75 Å². The second-order valence-corrected chi connectivity index (χ2v) is 3.70. The number of alkyl halides is 3. The molecule has 0 unspecified atom stereocenters. The molecule has 0 radical (unpaired) electrons. The Morgan fingerprint density at radius 1 is 0.842 bits per heavy atom. The zero-order valence-electron chi connectivity index (χ0n) is 9.34. The third kappa shape index (κ3) is 3.43. The van der Waals surface area contributed by atoms with Gasteiger partial charge in [0.05, 0.1) is 0 Å². The predicted octanol–water partition coefficient (Wildman–Crippen LogP) is 4.53. The Morgan fingerprint density at radius 3 is 2.05 bits per heavy atom. The molecule has 0 aromatic heterocycles. The highest BCUT2D eigenvalue weighted by Crippen LogP contribution is 2.30. The first-order chi connectivity index (χ1) is 8.85. The van der Waals surface area contributed by atoms with Crippen LogP contribution in [0.2, 0.25) is 0 Å². The highest BCUT2D eigenvalue weighted by atomic mass is 19.4. The molecule has 0 fully saturated rings. The van der Waals surface area contributed by atoms with Gasteiger partial charge in [-0.1, -0.05) is 12.1 Å². The average molecular weight is 274 g/mol. The fourth-order valence-electron chi connectivity index (χ4n) is 1.55. The van der Waals surface area contributed by atoms with Crippen molar-refractivity contribution in [2.75, 3.05) is 0 Å². The molecule has 0 saturated heterocycles. The highest BCUT2D eigenvalue weighted by Gasteiger charge is 2.31. The summed E-state index contributed by atoms with van der Waals surface area (Å²) in [4.78, 5) is 0. The molecule has 100 valence electrons. The van der Waals surface area contributed by atoms with Gasteiger partial charge in [0.1, 0.15) is 17.4 Å². The van der Waals surface area contributed by atoms with Crippen molar-refractivity contribution in [1.82, 2.24) is 0 Å². The molecular weight excluding hydrogens is 267 g/mol. The molecule has 0 aliphatic heterocycles. The molecule has 0 amide bonds. The van der Waals surface area contributed by atoms with Gasteiger partial charge in [-0.15, -0.1) is 13.2 Å². The van der Waals surface area contributed by atoms with Crippen LogP contribution in [0, 0.1) is 11.6 Å². The van der Waals surface area contributed by atoms with Crippen LogP contribution in [0.25, 0.3) is 11.1 Å². The fraction of sp³-hybridized carbons (Fsp3) is 0.0769. The van der Waals surface area contributed by atoms with Gasteiger partial charge in [0.15, 0.2) is 0 Å². The van der Waals surface area contributed by atoms with Gasteiger partial charge in [0.25, 0.3) is 0 Å². The van der Waals surface area contributed by atoms with Crippen molar-refractivity contribution in [3.63, 3.8) is 0 Å². The van der Waals surface area contributed by atoms with Crippen LogP contribution in [0.15, 0.2) is 42.5 Å². The number of benzene rings is 2. The predicted molar refractivity (Wildman–Crippen MR) is 58.5 cm³/mol. The summed E-state index contributed by atoms with van der Waals surface area (Å²) in [6, 6.07) is 7.36. The van der Waals surface area contributed by atoms with E-state index in [4.69, 9.17) is 0 Å². The fourth-order valence-corrected chi connectivity index (χ4v) is 1.55. The van der Waals surface area contributed by atoms with E-state index in [-0.39, 0.29) is 11.1 Å². The average Bonchev–Trinajstić information content (AvgIpc) is 2.31. The minimum absolute atomic E-state index is 0.0956. The Kier molecular flexibility index (Phi) is 3.42. The van der Waals surface area contributed by atoms with E-state index in [1.807, 2.05) is 0 Å². The van der Waals surface area contributed by atoms with E-state index in [1.165, 1.54) is 12.1 Å². The molecule has 2 rings (SSSR count). The second kappa shape index (κ2) is 4.87. The standard InChI is InChI=1S/C13H7F5O/c14-9-3-1-8(2-4-9)11-7-10(5-6-12(11)15)19-13(16,17)18/h1-7H. The second-order valence-electron chi connectivity index (χ2n) is 3.70. The highest BCUT2D eigenvalue weighted by molar-refractivity contribution is 5.65. The summed E-state index contributed by atoms with van der Waals surface area (Å²) in [5, 5.41) is 0. The lowest BCUT2D eigenvalue weighted by Crippen LogP contribution is -2.17. The van der Waals surface area contributed by atoms with Crippen molar-refractivity contribution in [3.8, 4) is 16.9 Å². The van der Waals surface area contributed by atoms with Crippen LogP contribution < -0.4 is 4.74 Å². The summed E-state index contributed by atoms with van der Waals surface area (Å²) in [5.74, 6) is -1.78. The van der Waals surface area contributed by atoms with Crippen LogP contribution >= 0.6 is 0 Å². The van der Waals surface area contributed by atoms with Gasteiger partial charge in [-0.25, -0.2) is 8.78 Å². The van der Waals surface area contributed by atoms with E-state index in [2.05, 4.69) is 4.74 Å². The third-order valence-corrected chi connectivity index (χ3v) is 2.33. The van der Waals surface area contributed by atoms with Crippen molar-refractivity contribution >= 4 is 0 Å². The molecule has 0 saturated carbocycles. The SMILES string of the molecule is Fc1ccc(-c2cc(OC(F)(F)F)ccc2F)cc1. The van der Waals surface area contributed by atoms with Crippen molar-refractivity contribution in [3.05, 3.63) is 54.1 Å². The zero-order chi connectivity index (χ0) is 14.0. The quantitative estimate of drug-likeness (QED) is 0.731. The lowest BCUT2D eigenvalue weighted by atomic mass is 10.0. The van der Waals surface area contributed by atoms with Gasteiger partial charge in [-0.2, -0.15) is 0 Å². The summed E-state index contributed by atoms with van der Waals surface area (Å²) in [6.45, 7) is 0. The van der Waals surface area contributed by atoms with E-state index < -0.39 is 23.7 Å². The molecule has 0 bridgehead atoms. The number of ether oxygens (including phenoxy) is 1. The van der Waals surface area contributed by atoms with Crippen LogP contribution in [-0.4, -0.2) is 6.36 Å². The molecule has 0 spiro atoms. The first-order valence-electron chi connectivity index (χ1n) is 5.16. The van der Waals surface area contributed by atoms with E-state index in [0.717, 1.165) is 30.3 Å². The van der Waals surface area contributed by atoms with Crippen LogP contribution in [0.4, 0.5) is 22.0 Å². The van der Waals surface area contributed by atoms with Gasteiger partial charge >= 0.3 is 6.36 Å². The molecule has 1 nitrogen and oxygen atoms in total. The first-order valence-corrected chi connectivity index (χ1v) is 5.16. The van der Waals surface area contributed by atoms with E-state index in [0.29, 0.717) is 0 Å². The molecule has 0 atom stereocenters. The maximum Gasteiger partial charge on any atom is 0.573 e. The molecule has 0 N–H and O–H groups in total. The van der Waals surface area contributed by atoms with Gasteiger partial charge in [-0.05, 0) is 35.9 Å². The zero-order valence-corrected chi connectivity index (χ0v) is 9.34. The normalized spacial score (nSPS) is 11.4. The topological polar surface area (TPSA) is 9.23 Å². The van der Waals surface area contributed by atoms with Crippen molar-refractivity contribution in [2.45, 2.75) is 6.36 Å². The van der Waals surface area contributed by atoms with Crippen molar-refractivity contribution < 1.29 is 26.7 Å². The Hall–Kier alpha value is -2.11. The Labute approximate surface area is 105 Å². The summed E-state index contributed by atoms with van der Waals surface area (Å²) in [7, 11) is 0. The Bertz CT molecular complexity index is 575. The monoisotopic (exact) mass is 274 g/mol. The van der Waals surface area contributed by atoms with Gasteiger partial charge in [0.2, 0.25) is 0 Å². The summed E-state index contributed by atoms with van der Waals surface area (Å²) in [6.07, 6.45) is -4.85. The Morgan fingerprint density at radius 2 is 1.47 bits per heavy atom. The Balaban J connectivity index is 2.39. The molecular formula is C13H7F5O. The van der Waals surface area contributed by atoms with Crippen LogP contribution in [0.3, 0.4) is 0 Å². The van der Waals surface area contributed by atoms with Crippen molar-refractivity contribution in [2.24, 2.45) is 0 Å². The van der Waals surface area contributed by atoms with Crippen molar-refractivity contribution in [1.29, 1.82) is 0 Å². The number of hydrogen-bond donors (Lipinski definition) is 0. The summed E-state index contributed by atoms with van der Waals surface area (Å²) in [5.41, 5.74) is 0.160. The van der Waals surface area contributed by atoms with Gasteiger partial charge in [0, 0.05) is 5.56 Å². The molecule has 0 heterocycles. The first kappa shape index (κ1) is 13.3. The molecule has 2 aromatic carbocycles. The molecule has 2 aromatic rings.